The van der Waals surface area contributed by atoms with Crippen LogP contribution in [0.1, 0.15) is 24.4 Å². The maximum Gasteiger partial charge on any atom is 0.0470 e. The van der Waals surface area contributed by atoms with Crippen LogP contribution in [0.2, 0.25) is 0 Å². The van der Waals surface area contributed by atoms with Crippen LogP contribution in [0.15, 0.2) is 30.3 Å². The van der Waals surface area contributed by atoms with E-state index in [-0.39, 0.29) is 12.4 Å². The lowest BCUT2D eigenvalue weighted by Gasteiger charge is -2.26. The van der Waals surface area contributed by atoms with Gasteiger partial charge in [0.15, 0.2) is 0 Å². The van der Waals surface area contributed by atoms with E-state index in [9.17, 15) is 0 Å². The van der Waals surface area contributed by atoms with Crippen LogP contribution < -0.4 is 5.73 Å². The van der Waals surface area contributed by atoms with Crippen LogP contribution in [0.25, 0.3) is 0 Å². The van der Waals surface area contributed by atoms with Gasteiger partial charge >= 0.3 is 0 Å². The Morgan fingerprint density at radius 2 is 1.73 bits per heavy atom. The first-order valence-corrected chi connectivity index (χ1v) is 5.41. The van der Waals surface area contributed by atoms with Gasteiger partial charge in [-0.05, 0) is 31.5 Å². The zero-order chi connectivity index (χ0) is 9.80. The number of benzene rings is 1. The number of rotatable bonds is 3. The van der Waals surface area contributed by atoms with Crippen LogP contribution in [0, 0.1) is 0 Å². The average Bonchev–Trinajstić information content (AvgIpc) is 2.74. The number of hydrogen-bond donors (Lipinski definition) is 1. The lowest BCUT2D eigenvalue weighted by molar-refractivity contribution is 0.251. The SMILES string of the molecule is Cl.NCC(c1ccccc1)N1CCCC1. The van der Waals surface area contributed by atoms with Crippen LogP contribution >= 0.6 is 12.4 Å². The molecule has 1 heterocycles. The third-order valence-electron chi connectivity index (χ3n) is 2.99. The van der Waals surface area contributed by atoms with Crippen molar-refractivity contribution >= 4 is 12.4 Å². The molecule has 0 aliphatic carbocycles. The van der Waals surface area contributed by atoms with Crippen molar-refractivity contribution in [2.24, 2.45) is 5.73 Å². The van der Waals surface area contributed by atoms with Crippen molar-refractivity contribution in [2.75, 3.05) is 19.6 Å². The maximum absolute atomic E-state index is 5.84. The number of likely N-dealkylation sites (tertiary alicyclic amines) is 1. The zero-order valence-corrected chi connectivity index (χ0v) is 9.75. The molecule has 1 aromatic carbocycles. The molecule has 0 spiro atoms. The van der Waals surface area contributed by atoms with Crippen molar-refractivity contribution in [3.8, 4) is 0 Å². The van der Waals surface area contributed by atoms with Crippen LogP contribution in [-0.2, 0) is 0 Å². The Kier molecular flexibility index (Phi) is 5.09. The summed E-state index contributed by atoms with van der Waals surface area (Å²) in [6.45, 7) is 3.14. The first kappa shape index (κ1) is 12.5. The average molecular weight is 227 g/mol. The molecule has 2 rings (SSSR count). The Labute approximate surface area is 97.9 Å². The van der Waals surface area contributed by atoms with Crippen molar-refractivity contribution < 1.29 is 0 Å². The highest BCUT2D eigenvalue weighted by molar-refractivity contribution is 5.85. The molecule has 0 saturated carbocycles. The Morgan fingerprint density at radius 1 is 1.13 bits per heavy atom. The minimum Gasteiger partial charge on any atom is -0.329 e. The van der Waals surface area contributed by atoms with Gasteiger partial charge in [-0.3, -0.25) is 4.90 Å². The van der Waals surface area contributed by atoms with Crippen LogP contribution in [0.5, 0.6) is 0 Å². The number of nitrogens with zero attached hydrogens (tertiary/aromatic N) is 1. The molecule has 84 valence electrons. The van der Waals surface area contributed by atoms with E-state index in [4.69, 9.17) is 5.73 Å². The molecule has 0 amide bonds. The summed E-state index contributed by atoms with van der Waals surface area (Å²) in [5, 5.41) is 0. The van der Waals surface area contributed by atoms with Gasteiger partial charge in [0.25, 0.3) is 0 Å². The Morgan fingerprint density at radius 3 is 2.27 bits per heavy atom. The van der Waals surface area contributed by atoms with E-state index >= 15 is 0 Å². The summed E-state index contributed by atoms with van der Waals surface area (Å²) < 4.78 is 0. The molecule has 1 saturated heterocycles. The van der Waals surface area contributed by atoms with E-state index in [0.29, 0.717) is 6.04 Å². The van der Waals surface area contributed by atoms with Crippen molar-refractivity contribution in [2.45, 2.75) is 18.9 Å². The lowest BCUT2D eigenvalue weighted by Crippen LogP contribution is -2.31. The summed E-state index contributed by atoms with van der Waals surface area (Å²) >= 11 is 0. The zero-order valence-electron chi connectivity index (χ0n) is 8.93. The molecule has 2 N–H and O–H groups in total. The van der Waals surface area contributed by atoms with E-state index in [0.717, 1.165) is 6.54 Å². The summed E-state index contributed by atoms with van der Waals surface area (Å²) in [7, 11) is 0. The molecule has 3 heteroatoms. The molecule has 1 aromatic rings. The molecule has 1 atom stereocenters. The van der Waals surface area contributed by atoms with Gasteiger partial charge < -0.3 is 5.73 Å². The smallest absolute Gasteiger partial charge is 0.0470 e. The Balaban J connectivity index is 0.00000112. The first-order chi connectivity index (χ1) is 6.92. The third kappa shape index (κ3) is 2.94. The number of nitrogens with two attached hydrogens (primary N) is 1. The highest BCUT2D eigenvalue weighted by Crippen LogP contribution is 2.23. The van der Waals surface area contributed by atoms with E-state index in [1.807, 2.05) is 0 Å². The van der Waals surface area contributed by atoms with E-state index in [1.54, 1.807) is 0 Å². The van der Waals surface area contributed by atoms with Gasteiger partial charge in [-0.15, -0.1) is 12.4 Å². The fourth-order valence-electron chi connectivity index (χ4n) is 2.22. The first-order valence-electron chi connectivity index (χ1n) is 5.41. The van der Waals surface area contributed by atoms with Crippen molar-refractivity contribution in [3.63, 3.8) is 0 Å². The molecule has 0 bridgehead atoms. The molecular weight excluding hydrogens is 208 g/mol. The van der Waals surface area contributed by atoms with Gasteiger partial charge in [-0.25, -0.2) is 0 Å². The van der Waals surface area contributed by atoms with Crippen LogP contribution in [-0.4, -0.2) is 24.5 Å². The van der Waals surface area contributed by atoms with E-state index in [2.05, 4.69) is 35.2 Å². The monoisotopic (exact) mass is 226 g/mol. The van der Waals surface area contributed by atoms with Gasteiger partial charge in [0.2, 0.25) is 0 Å². The highest BCUT2D eigenvalue weighted by atomic mass is 35.5. The van der Waals surface area contributed by atoms with Crippen molar-refractivity contribution in [1.82, 2.24) is 4.90 Å². The number of halogens is 1. The molecular formula is C12H19ClN2. The minimum absolute atomic E-state index is 0. The summed E-state index contributed by atoms with van der Waals surface area (Å²) in [4.78, 5) is 2.50. The normalized spacial score (nSPS) is 18.5. The summed E-state index contributed by atoms with van der Waals surface area (Å²) in [6, 6.07) is 11.0. The van der Waals surface area contributed by atoms with Crippen LogP contribution in [0.3, 0.4) is 0 Å². The van der Waals surface area contributed by atoms with Gasteiger partial charge in [0.05, 0.1) is 0 Å². The minimum atomic E-state index is 0. The highest BCUT2D eigenvalue weighted by Gasteiger charge is 2.21. The predicted octanol–water partition coefficient (Wildman–Crippen LogP) is 2.20. The molecule has 2 nitrogen and oxygen atoms in total. The van der Waals surface area contributed by atoms with Gasteiger partial charge in [0.1, 0.15) is 0 Å². The summed E-state index contributed by atoms with van der Waals surface area (Å²) in [6.07, 6.45) is 2.65. The quantitative estimate of drug-likeness (QED) is 0.857. The van der Waals surface area contributed by atoms with E-state index in [1.165, 1.54) is 31.5 Å². The predicted molar refractivity (Wildman–Crippen MR) is 66.3 cm³/mol. The Hall–Kier alpha value is -0.570. The standard InChI is InChI=1S/C12H18N2.ClH/c13-10-12(14-8-4-5-9-14)11-6-2-1-3-7-11;/h1-3,6-7,12H,4-5,8-10,13H2;1H. The Bertz CT molecular complexity index is 270. The van der Waals surface area contributed by atoms with Gasteiger partial charge in [-0.2, -0.15) is 0 Å². The second-order valence-corrected chi connectivity index (χ2v) is 3.91. The fourth-order valence-corrected chi connectivity index (χ4v) is 2.22. The van der Waals surface area contributed by atoms with Gasteiger partial charge in [-0.1, -0.05) is 30.3 Å². The molecule has 1 fully saturated rings. The topological polar surface area (TPSA) is 29.3 Å². The number of hydrogen-bond acceptors (Lipinski definition) is 2. The van der Waals surface area contributed by atoms with Crippen LogP contribution in [0.4, 0.5) is 0 Å². The molecule has 15 heavy (non-hydrogen) atoms. The molecule has 1 aliphatic rings. The largest absolute Gasteiger partial charge is 0.329 e. The molecule has 0 aromatic heterocycles. The second kappa shape index (κ2) is 6.11. The molecule has 1 aliphatic heterocycles. The lowest BCUT2D eigenvalue weighted by atomic mass is 10.1. The van der Waals surface area contributed by atoms with Crippen molar-refractivity contribution in [1.29, 1.82) is 0 Å². The van der Waals surface area contributed by atoms with E-state index < -0.39 is 0 Å². The molecule has 1 unspecified atom stereocenters. The summed E-state index contributed by atoms with van der Waals surface area (Å²) in [5.74, 6) is 0. The van der Waals surface area contributed by atoms with Crippen molar-refractivity contribution in [3.05, 3.63) is 35.9 Å². The third-order valence-corrected chi connectivity index (χ3v) is 2.99. The fraction of sp³-hybridized carbons (Fsp3) is 0.500. The maximum atomic E-state index is 5.84. The second-order valence-electron chi connectivity index (χ2n) is 3.91. The van der Waals surface area contributed by atoms with Gasteiger partial charge in [0, 0.05) is 12.6 Å². The summed E-state index contributed by atoms with van der Waals surface area (Å²) in [5.41, 5.74) is 7.20. The molecule has 0 radical (unpaired) electrons.